The molecule has 0 saturated carbocycles. The zero-order valence-corrected chi connectivity index (χ0v) is 16.3. The Morgan fingerprint density at radius 1 is 1.03 bits per heavy atom. The summed E-state index contributed by atoms with van der Waals surface area (Å²) in [6, 6.07) is 15.1. The number of allylic oxidation sites excluding steroid dienone is 1. The highest BCUT2D eigenvalue weighted by Crippen LogP contribution is 2.27. The molecule has 7 nitrogen and oxygen atoms in total. The van der Waals surface area contributed by atoms with Crippen molar-refractivity contribution in [2.45, 2.75) is 0 Å². The van der Waals surface area contributed by atoms with E-state index in [1.54, 1.807) is 6.07 Å². The van der Waals surface area contributed by atoms with E-state index in [9.17, 15) is 24.1 Å². The van der Waals surface area contributed by atoms with Crippen LogP contribution in [0.2, 0.25) is 0 Å². The van der Waals surface area contributed by atoms with Crippen molar-refractivity contribution >= 4 is 23.5 Å². The Morgan fingerprint density at radius 3 is 2.39 bits per heavy atom. The van der Waals surface area contributed by atoms with Crippen molar-refractivity contribution in [3.05, 3.63) is 105 Å². The Labute approximate surface area is 176 Å². The van der Waals surface area contributed by atoms with Gasteiger partial charge in [-0.2, -0.15) is 0 Å². The van der Waals surface area contributed by atoms with Gasteiger partial charge >= 0.3 is 5.97 Å². The number of non-ortho nitro benzene ring substituents is 1. The number of benzene rings is 3. The molecule has 0 atom stereocenters. The molecular weight excluding hydrogens is 405 g/mol. The maximum atomic E-state index is 13.8. The predicted molar refractivity (Wildman–Crippen MR) is 111 cm³/mol. The minimum absolute atomic E-state index is 0.0589. The highest BCUT2D eigenvalue weighted by atomic mass is 19.1. The molecule has 0 aliphatic carbocycles. The van der Waals surface area contributed by atoms with Crippen LogP contribution in [0.4, 0.5) is 10.1 Å². The molecule has 0 spiro atoms. The number of hydrogen-bond donors (Lipinski definition) is 0. The summed E-state index contributed by atoms with van der Waals surface area (Å²) in [6.07, 6.45) is 2.49. The lowest BCUT2D eigenvalue weighted by atomic mass is 10.1. The normalized spacial score (nSPS) is 10.6. The van der Waals surface area contributed by atoms with Crippen LogP contribution in [0.3, 0.4) is 0 Å². The van der Waals surface area contributed by atoms with E-state index in [2.05, 4.69) is 0 Å². The third kappa shape index (κ3) is 5.18. The summed E-state index contributed by atoms with van der Waals surface area (Å²) in [6.45, 7) is 0. The monoisotopic (exact) mass is 421 g/mol. The number of rotatable bonds is 7. The van der Waals surface area contributed by atoms with Crippen LogP contribution < -0.4 is 9.47 Å². The summed E-state index contributed by atoms with van der Waals surface area (Å²) in [7, 11) is 1.41. The predicted octanol–water partition coefficient (Wildman–Crippen LogP) is 4.86. The topological polar surface area (TPSA) is 95.7 Å². The summed E-state index contributed by atoms with van der Waals surface area (Å²) in [5.74, 6) is -1.52. The smallest absolute Gasteiger partial charge is 0.343 e. The van der Waals surface area contributed by atoms with Crippen LogP contribution in [0.5, 0.6) is 11.5 Å². The van der Waals surface area contributed by atoms with E-state index in [1.165, 1.54) is 79.9 Å². The molecule has 0 saturated heterocycles. The van der Waals surface area contributed by atoms with Crippen molar-refractivity contribution in [3.8, 4) is 11.5 Å². The summed E-state index contributed by atoms with van der Waals surface area (Å²) in [4.78, 5) is 35.3. The number of nitro groups is 1. The molecule has 0 heterocycles. The molecule has 3 aromatic rings. The molecule has 0 aromatic heterocycles. The van der Waals surface area contributed by atoms with Crippen LogP contribution in [-0.2, 0) is 0 Å². The van der Waals surface area contributed by atoms with E-state index in [-0.39, 0.29) is 28.1 Å². The van der Waals surface area contributed by atoms with Crippen LogP contribution >= 0.6 is 0 Å². The average molecular weight is 421 g/mol. The molecule has 156 valence electrons. The first-order chi connectivity index (χ1) is 14.9. The fraction of sp³-hybridized carbons (Fsp3) is 0.0435. The van der Waals surface area contributed by atoms with Crippen molar-refractivity contribution in [2.24, 2.45) is 0 Å². The second-order valence-electron chi connectivity index (χ2n) is 6.27. The van der Waals surface area contributed by atoms with Gasteiger partial charge in [0.15, 0.2) is 5.78 Å². The van der Waals surface area contributed by atoms with Gasteiger partial charge in [-0.3, -0.25) is 14.9 Å². The zero-order valence-electron chi connectivity index (χ0n) is 16.3. The number of ether oxygens (including phenoxy) is 2. The molecule has 0 aliphatic rings. The first-order valence-electron chi connectivity index (χ1n) is 9.00. The van der Waals surface area contributed by atoms with Crippen LogP contribution in [0.25, 0.3) is 6.08 Å². The Kier molecular flexibility index (Phi) is 6.51. The van der Waals surface area contributed by atoms with Crippen LogP contribution in [0, 0.1) is 15.9 Å². The van der Waals surface area contributed by atoms with Crippen molar-refractivity contribution in [1.29, 1.82) is 0 Å². The number of carbonyl (C=O) groups excluding carboxylic acids is 2. The molecule has 3 rings (SSSR count). The minimum atomic E-state index is -0.810. The number of methoxy groups -OCH3 is 1. The molecule has 3 aromatic carbocycles. The van der Waals surface area contributed by atoms with Gasteiger partial charge < -0.3 is 9.47 Å². The standard InChI is InChI=1S/C23H16FNO6/c1-30-18-11-12-19(21(26)13-8-15-4-2-3-5-20(15)24)22(14-18)31-23(27)16-6-9-17(10-7-16)25(28)29/h2-14H,1H3/b13-8+. The molecule has 0 fully saturated rings. The van der Waals surface area contributed by atoms with E-state index in [1.807, 2.05) is 0 Å². The van der Waals surface area contributed by atoms with Crippen LogP contribution in [-0.4, -0.2) is 23.8 Å². The molecular formula is C23H16FNO6. The van der Waals surface area contributed by atoms with E-state index < -0.39 is 22.5 Å². The molecule has 0 bridgehead atoms. The van der Waals surface area contributed by atoms with Crippen LogP contribution in [0.1, 0.15) is 26.3 Å². The number of ketones is 1. The van der Waals surface area contributed by atoms with Gasteiger partial charge in [0.1, 0.15) is 17.3 Å². The molecule has 0 radical (unpaired) electrons. The van der Waals surface area contributed by atoms with Gasteiger partial charge in [-0.15, -0.1) is 0 Å². The molecule has 0 amide bonds. The maximum absolute atomic E-state index is 13.8. The molecule has 0 N–H and O–H groups in total. The van der Waals surface area contributed by atoms with E-state index in [0.717, 1.165) is 0 Å². The lowest BCUT2D eigenvalue weighted by molar-refractivity contribution is -0.384. The Hall–Kier alpha value is -4.33. The minimum Gasteiger partial charge on any atom is -0.497 e. The fourth-order valence-electron chi connectivity index (χ4n) is 2.66. The van der Waals surface area contributed by atoms with E-state index in [4.69, 9.17) is 9.47 Å². The summed E-state index contributed by atoms with van der Waals surface area (Å²) in [5, 5.41) is 10.8. The Bertz CT molecular complexity index is 1170. The first kappa shape index (κ1) is 21.4. The van der Waals surface area contributed by atoms with Gasteiger partial charge in [0.05, 0.1) is 23.2 Å². The second-order valence-corrected chi connectivity index (χ2v) is 6.27. The number of nitrogens with zero attached hydrogens (tertiary/aromatic N) is 1. The van der Waals surface area contributed by atoms with Gasteiger partial charge in [0.2, 0.25) is 0 Å². The van der Waals surface area contributed by atoms with Gasteiger partial charge in [-0.05, 0) is 42.5 Å². The largest absolute Gasteiger partial charge is 0.497 e. The number of carbonyl (C=O) groups is 2. The van der Waals surface area contributed by atoms with Crippen molar-refractivity contribution < 1.29 is 28.4 Å². The first-order valence-corrected chi connectivity index (χ1v) is 9.00. The van der Waals surface area contributed by atoms with E-state index >= 15 is 0 Å². The maximum Gasteiger partial charge on any atom is 0.343 e. The van der Waals surface area contributed by atoms with Gasteiger partial charge in [-0.1, -0.05) is 18.2 Å². The average Bonchev–Trinajstić information content (AvgIpc) is 2.78. The zero-order chi connectivity index (χ0) is 22.4. The number of halogens is 1. The summed E-state index contributed by atoms with van der Waals surface area (Å²) < 4.78 is 24.2. The summed E-state index contributed by atoms with van der Waals surface area (Å²) >= 11 is 0. The quantitative estimate of drug-likeness (QED) is 0.135. The van der Waals surface area contributed by atoms with Gasteiger partial charge in [0.25, 0.3) is 5.69 Å². The Balaban J connectivity index is 1.87. The highest BCUT2D eigenvalue weighted by molar-refractivity contribution is 6.09. The molecule has 8 heteroatoms. The lowest BCUT2D eigenvalue weighted by Gasteiger charge is -2.10. The third-order valence-corrected chi connectivity index (χ3v) is 4.29. The fourth-order valence-corrected chi connectivity index (χ4v) is 2.66. The summed E-state index contributed by atoms with van der Waals surface area (Å²) in [5.41, 5.74) is 0.179. The SMILES string of the molecule is COc1ccc(C(=O)/C=C/c2ccccc2F)c(OC(=O)c2ccc([N+](=O)[O-])cc2)c1. The third-order valence-electron chi connectivity index (χ3n) is 4.29. The number of nitro benzene ring substituents is 1. The van der Waals surface area contributed by atoms with Gasteiger partial charge in [0, 0.05) is 23.8 Å². The second kappa shape index (κ2) is 9.45. The van der Waals surface area contributed by atoms with Crippen molar-refractivity contribution in [2.75, 3.05) is 7.11 Å². The van der Waals surface area contributed by atoms with E-state index in [0.29, 0.717) is 5.75 Å². The number of esters is 1. The van der Waals surface area contributed by atoms with Crippen molar-refractivity contribution in [3.63, 3.8) is 0 Å². The number of hydrogen-bond acceptors (Lipinski definition) is 6. The van der Waals surface area contributed by atoms with Crippen LogP contribution in [0.15, 0.2) is 72.8 Å². The lowest BCUT2D eigenvalue weighted by Crippen LogP contribution is -2.11. The molecule has 0 unspecified atom stereocenters. The van der Waals surface area contributed by atoms with Crippen molar-refractivity contribution in [1.82, 2.24) is 0 Å². The Morgan fingerprint density at radius 2 is 1.74 bits per heavy atom. The highest BCUT2D eigenvalue weighted by Gasteiger charge is 2.17. The molecule has 0 aliphatic heterocycles. The molecule has 31 heavy (non-hydrogen) atoms. The van der Waals surface area contributed by atoms with Gasteiger partial charge in [-0.25, -0.2) is 9.18 Å².